The average Bonchev–Trinajstić information content (AvgIpc) is 3.05. The van der Waals surface area contributed by atoms with E-state index in [9.17, 15) is 9.59 Å². The fourth-order valence-corrected chi connectivity index (χ4v) is 5.74. The van der Waals surface area contributed by atoms with Gasteiger partial charge in [-0.2, -0.15) is 0 Å². The maximum atomic E-state index is 12.5. The van der Waals surface area contributed by atoms with Gasteiger partial charge in [-0.3, -0.25) is 9.59 Å². The Morgan fingerprint density at radius 2 is 0.848 bits per heavy atom. The van der Waals surface area contributed by atoms with Crippen LogP contribution in [0.2, 0.25) is 0 Å². The first-order valence-electron chi connectivity index (χ1n) is 20.2. The molecular weight excluding hydrogens is 572 g/mol. The van der Waals surface area contributed by atoms with Gasteiger partial charge in [-0.1, -0.05) is 168 Å². The standard InChI is InChI=1S/C41H78O5/c1-4-7-10-13-16-18-20-21-22-23-26-28-31-34-40(42)45-38-39(46-41(43)35-32-29-25-15-12-9-6-3)37-44-36-33-30-27-24-19-17-14-11-8-5-2/h18,20,39H,4-17,19,21-38H2,1-3H3/b20-18-. The molecule has 272 valence electrons. The molecule has 0 aliphatic rings. The molecule has 0 aromatic heterocycles. The van der Waals surface area contributed by atoms with Crippen LogP contribution in [0.5, 0.6) is 0 Å². The Labute approximate surface area is 286 Å². The van der Waals surface area contributed by atoms with Crippen molar-refractivity contribution in [2.75, 3.05) is 19.8 Å². The lowest BCUT2D eigenvalue weighted by Crippen LogP contribution is -2.30. The highest BCUT2D eigenvalue weighted by molar-refractivity contribution is 5.70. The molecule has 0 radical (unpaired) electrons. The van der Waals surface area contributed by atoms with Gasteiger partial charge in [0.25, 0.3) is 0 Å². The summed E-state index contributed by atoms with van der Waals surface area (Å²) in [6.45, 7) is 7.78. The van der Waals surface area contributed by atoms with Crippen molar-refractivity contribution in [3.8, 4) is 0 Å². The lowest BCUT2D eigenvalue weighted by atomic mass is 10.1. The van der Waals surface area contributed by atoms with Crippen molar-refractivity contribution < 1.29 is 23.8 Å². The number of rotatable bonds is 37. The molecule has 0 spiro atoms. The maximum Gasteiger partial charge on any atom is 0.306 e. The summed E-state index contributed by atoms with van der Waals surface area (Å²) in [7, 11) is 0. The molecule has 5 nitrogen and oxygen atoms in total. The van der Waals surface area contributed by atoms with Crippen LogP contribution in [0.1, 0.15) is 213 Å². The van der Waals surface area contributed by atoms with Gasteiger partial charge in [0.1, 0.15) is 6.61 Å². The summed E-state index contributed by atoms with van der Waals surface area (Å²) in [4.78, 5) is 25.0. The van der Waals surface area contributed by atoms with Gasteiger partial charge in [0, 0.05) is 19.4 Å². The second kappa shape index (κ2) is 38.1. The molecule has 1 unspecified atom stereocenters. The number of carbonyl (C=O) groups is 2. The molecule has 0 rings (SSSR count). The highest BCUT2D eigenvalue weighted by atomic mass is 16.6. The van der Waals surface area contributed by atoms with Crippen molar-refractivity contribution in [2.45, 2.75) is 219 Å². The number of esters is 2. The van der Waals surface area contributed by atoms with Crippen molar-refractivity contribution in [3.05, 3.63) is 12.2 Å². The quantitative estimate of drug-likeness (QED) is 0.0380. The SMILES string of the molecule is CCCCCC/C=C\CCCCCCCC(=O)OCC(COCCCCCCCCCCCC)OC(=O)CCCCCCCCC. The van der Waals surface area contributed by atoms with Crippen LogP contribution in [0.3, 0.4) is 0 Å². The summed E-state index contributed by atoms with van der Waals surface area (Å²) in [6.07, 6.45) is 39.2. The monoisotopic (exact) mass is 651 g/mol. The zero-order chi connectivity index (χ0) is 33.6. The van der Waals surface area contributed by atoms with E-state index >= 15 is 0 Å². The minimum absolute atomic E-state index is 0.0877. The van der Waals surface area contributed by atoms with E-state index in [0.29, 0.717) is 26.1 Å². The molecule has 0 bridgehead atoms. The number of carbonyl (C=O) groups excluding carboxylic acids is 2. The number of hydrogen-bond donors (Lipinski definition) is 0. The van der Waals surface area contributed by atoms with Crippen LogP contribution in [0.15, 0.2) is 12.2 Å². The van der Waals surface area contributed by atoms with Crippen molar-refractivity contribution in [2.24, 2.45) is 0 Å². The summed E-state index contributed by atoms with van der Waals surface area (Å²) in [5.74, 6) is -0.405. The maximum absolute atomic E-state index is 12.5. The van der Waals surface area contributed by atoms with Crippen molar-refractivity contribution in [3.63, 3.8) is 0 Å². The molecule has 0 saturated heterocycles. The Balaban J connectivity index is 4.16. The van der Waals surface area contributed by atoms with E-state index in [4.69, 9.17) is 14.2 Å². The second-order valence-corrected chi connectivity index (χ2v) is 13.6. The van der Waals surface area contributed by atoms with E-state index in [2.05, 4.69) is 32.9 Å². The summed E-state index contributed by atoms with van der Waals surface area (Å²) in [6, 6.07) is 0. The summed E-state index contributed by atoms with van der Waals surface area (Å²) >= 11 is 0. The zero-order valence-electron chi connectivity index (χ0n) is 31.1. The summed E-state index contributed by atoms with van der Waals surface area (Å²) in [5.41, 5.74) is 0. The highest BCUT2D eigenvalue weighted by Gasteiger charge is 2.17. The fraction of sp³-hybridized carbons (Fsp3) is 0.902. The zero-order valence-corrected chi connectivity index (χ0v) is 31.1. The van der Waals surface area contributed by atoms with Gasteiger partial charge >= 0.3 is 11.9 Å². The normalized spacial score (nSPS) is 12.2. The van der Waals surface area contributed by atoms with Crippen LogP contribution in [0.25, 0.3) is 0 Å². The molecule has 0 saturated carbocycles. The molecule has 0 heterocycles. The number of unbranched alkanes of at least 4 members (excludes halogenated alkanes) is 24. The lowest BCUT2D eigenvalue weighted by Gasteiger charge is -2.18. The van der Waals surface area contributed by atoms with Gasteiger partial charge < -0.3 is 14.2 Å². The van der Waals surface area contributed by atoms with Gasteiger partial charge in [-0.15, -0.1) is 0 Å². The third kappa shape index (κ3) is 35.5. The number of hydrogen-bond acceptors (Lipinski definition) is 5. The molecule has 46 heavy (non-hydrogen) atoms. The smallest absolute Gasteiger partial charge is 0.306 e. The van der Waals surface area contributed by atoms with Gasteiger partial charge in [-0.25, -0.2) is 0 Å². The Kier molecular flexibility index (Phi) is 37.0. The Morgan fingerprint density at radius 3 is 1.35 bits per heavy atom. The van der Waals surface area contributed by atoms with Gasteiger partial charge in [0.15, 0.2) is 6.10 Å². The first-order valence-corrected chi connectivity index (χ1v) is 20.2. The molecule has 5 heteroatoms. The Morgan fingerprint density at radius 1 is 0.457 bits per heavy atom. The highest BCUT2D eigenvalue weighted by Crippen LogP contribution is 2.13. The van der Waals surface area contributed by atoms with Crippen LogP contribution in [-0.4, -0.2) is 37.9 Å². The van der Waals surface area contributed by atoms with Crippen LogP contribution in [0, 0.1) is 0 Å². The van der Waals surface area contributed by atoms with Gasteiger partial charge in [0.05, 0.1) is 6.61 Å². The summed E-state index contributed by atoms with van der Waals surface area (Å²) in [5, 5.41) is 0. The Bertz CT molecular complexity index is 661. The lowest BCUT2D eigenvalue weighted by molar-refractivity contribution is -0.163. The molecule has 0 aliphatic heterocycles. The van der Waals surface area contributed by atoms with E-state index < -0.39 is 6.10 Å². The van der Waals surface area contributed by atoms with Crippen molar-refractivity contribution in [1.82, 2.24) is 0 Å². The third-order valence-electron chi connectivity index (χ3n) is 8.80. The fourth-order valence-electron chi connectivity index (χ4n) is 5.74. The molecule has 0 aromatic rings. The first-order chi connectivity index (χ1) is 22.6. The summed E-state index contributed by atoms with van der Waals surface area (Å²) < 4.78 is 17.2. The first kappa shape index (κ1) is 44.6. The minimum atomic E-state index is -0.524. The third-order valence-corrected chi connectivity index (χ3v) is 8.80. The van der Waals surface area contributed by atoms with E-state index in [0.717, 1.165) is 44.9 Å². The van der Waals surface area contributed by atoms with Crippen LogP contribution in [0.4, 0.5) is 0 Å². The molecular formula is C41H78O5. The van der Waals surface area contributed by atoms with Gasteiger partial charge in [0.2, 0.25) is 0 Å². The predicted octanol–water partition coefficient (Wildman–Crippen LogP) is 12.8. The second-order valence-electron chi connectivity index (χ2n) is 13.6. The van der Waals surface area contributed by atoms with Crippen molar-refractivity contribution in [1.29, 1.82) is 0 Å². The van der Waals surface area contributed by atoms with E-state index in [1.54, 1.807) is 0 Å². The average molecular weight is 651 g/mol. The number of ether oxygens (including phenoxy) is 3. The molecule has 0 aliphatic carbocycles. The minimum Gasteiger partial charge on any atom is -0.462 e. The topological polar surface area (TPSA) is 61.8 Å². The predicted molar refractivity (Wildman–Crippen MR) is 196 cm³/mol. The van der Waals surface area contributed by atoms with E-state index in [1.165, 1.54) is 135 Å². The molecule has 0 amide bonds. The molecule has 0 aromatic carbocycles. The molecule has 1 atom stereocenters. The van der Waals surface area contributed by atoms with Gasteiger partial charge in [-0.05, 0) is 44.9 Å². The number of allylic oxidation sites excluding steroid dienone is 2. The van der Waals surface area contributed by atoms with E-state index in [1.807, 2.05) is 0 Å². The largest absolute Gasteiger partial charge is 0.462 e. The van der Waals surface area contributed by atoms with E-state index in [-0.39, 0.29) is 18.5 Å². The van der Waals surface area contributed by atoms with Crippen molar-refractivity contribution >= 4 is 11.9 Å². The van der Waals surface area contributed by atoms with Crippen LogP contribution in [-0.2, 0) is 23.8 Å². The Hall–Kier alpha value is -1.36. The van der Waals surface area contributed by atoms with Crippen LogP contribution < -0.4 is 0 Å². The molecule has 0 fully saturated rings. The van der Waals surface area contributed by atoms with Crippen LogP contribution >= 0.6 is 0 Å². The molecule has 0 N–H and O–H groups in total.